The topological polar surface area (TPSA) is 27.1 Å². The Morgan fingerprint density at radius 3 is 2.11 bits per heavy atom. The van der Waals surface area contributed by atoms with Gasteiger partial charge in [-0.15, -0.1) is 0 Å². The Morgan fingerprint density at radius 1 is 1.21 bits per heavy atom. The van der Waals surface area contributed by atoms with Crippen LogP contribution in [-0.2, 0) is 5.54 Å². The Kier molecular flexibility index (Phi) is 6.18. The molecule has 0 saturated carbocycles. The van der Waals surface area contributed by atoms with Gasteiger partial charge >= 0.3 is 0 Å². The molecule has 0 radical (unpaired) electrons. The molecule has 0 saturated heterocycles. The van der Waals surface area contributed by atoms with Crippen molar-refractivity contribution in [3.63, 3.8) is 0 Å². The lowest BCUT2D eigenvalue weighted by Crippen LogP contribution is -2.32. The lowest BCUT2D eigenvalue weighted by Gasteiger charge is -2.31. The first kappa shape index (κ1) is 16.4. The van der Waals surface area contributed by atoms with Crippen molar-refractivity contribution in [3.8, 4) is 5.75 Å². The van der Waals surface area contributed by atoms with Crippen LogP contribution < -0.4 is 4.74 Å². The lowest BCUT2D eigenvalue weighted by molar-refractivity contribution is 0.225. The highest BCUT2D eigenvalue weighted by Crippen LogP contribution is 2.36. The Balaban J connectivity index is 3.09. The standard InChI is InChI=1S/C15H27ClN2O/c1-6-8-10-15(4,11-9-7-2)18-12(3)13(19-5)14(16)17-18/h6-11H2,1-5H3. The summed E-state index contributed by atoms with van der Waals surface area (Å²) in [6.07, 6.45) is 7.08. The molecule has 110 valence electrons. The van der Waals surface area contributed by atoms with Crippen LogP contribution in [0, 0.1) is 6.92 Å². The van der Waals surface area contributed by atoms with Crippen LogP contribution in [0.2, 0.25) is 5.15 Å². The maximum atomic E-state index is 6.17. The maximum absolute atomic E-state index is 6.17. The Hall–Kier alpha value is -0.700. The zero-order valence-corrected chi connectivity index (χ0v) is 13.7. The molecule has 0 unspecified atom stereocenters. The fourth-order valence-corrected chi connectivity index (χ4v) is 2.95. The van der Waals surface area contributed by atoms with Gasteiger partial charge in [0.25, 0.3) is 0 Å². The molecule has 0 spiro atoms. The lowest BCUT2D eigenvalue weighted by atomic mass is 9.89. The summed E-state index contributed by atoms with van der Waals surface area (Å²) < 4.78 is 7.43. The molecule has 1 aromatic rings. The third kappa shape index (κ3) is 3.65. The van der Waals surface area contributed by atoms with E-state index in [0.717, 1.165) is 18.5 Å². The van der Waals surface area contributed by atoms with E-state index in [1.54, 1.807) is 7.11 Å². The zero-order chi connectivity index (χ0) is 14.5. The second-order valence-corrected chi connectivity index (χ2v) is 5.88. The third-order valence-corrected chi connectivity index (χ3v) is 4.12. The number of rotatable bonds is 8. The van der Waals surface area contributed by atoms with Crippen LogP contribution in [0.1, 0.15) is 65.0 Å². The molecule has 0 N–H and O–H groups in total. The maximum Gasteiger partial charge on any atom is 0.193 e. The smallest absolute Gasteiger partial charge is 0.193 e. The van der Waals surface area contributed by atoms with Gasteiger partial charge in [0.05, 0.1) is 18.3 Å². The van der Waals surface area contributed by atoms with Crippen LogP contribution in [0.4, 0.5) is 0 Å². The van der Waals surface area contributed by atoms with Gasteiger partial charge in [-0.1, -0.05) is 51.1 Å². The highest BCUT2D eigenvalue weighted by Gasteiger charge is 2.30. The monoisotopic (exact) mass is 286 g/mol. The normalized spacial score (nSPS) is 11.9. The SMILES string of the molecule is CCCCC(C)(CCCC)n1nc(Cl)c(OC)c1C. The molecular formula is C15H27ClN2O. The van der Waals surface area contributed by atoms with Crippen molar-refractivity contribution in [2.45, 2.75) is 71.8 Å². The molecular weight excluding hydrogens is 260 g/mol. The average Bonchev–Trinajstić information content (AvgIpc) is 2.69. The molecule has 0 atom stereocenters. The van der Waals surface area contributed by atoms with Crippen LogP contribution >= 0.6 is 11.6 Å². The number of hydrogen-bond acceptors (Lipinski definition) is 2. The Labute approximate surface area is 122 Å². The van der Waals surface area contributed by atoms with E-state index < -0.39 is 0 Å². The summed E-state index contributed by atoms with van der Waals surface area (Å²) in [5, 5.41) is 4.99. The second-order valence-electron chi connectivity index (χ2n) is 5.53. The molecule has 1 rings (SSSR count). The van der Waals surface area contributed by atoms with Crippen molar-refractivity contribution in [2.75, 3.05) is 7.11 Å². The number of nitrogens with zero attached hydrogens (tertiary/aromatic N) is 2. The van der Waals surface area contributed by atoms with Gasteiger partial charge in [0, 0.05) is 0 Å². The van der Waals surface area contributed by atoms with Gasteiger partial charge < -0.3 is 4.74 Å². The van der Waals surface area contributed by atoms with Crippen LogP contribution in [0.15, 0.2) is 0 Å². The first-order valence-corrected chi connectivity index (χ1v) is 7.67. The van der Waals surface area contributed by atoms with Crippen LogP contribution in [-0.4, -0.2) is 16.9 Å². The largest absolute Gasteiger partial charge is 0.492 e. The number of methoxy groups -OCH3 is 1. The molecule has 0 aromatic carbocycles. The molecule has 19 heavy (non-hydrogen) atoms. The second kappa shape index (κ2) is 7.18. The van der Waals surface area contributed by atoms with Gasteiger partial charge in [-0.3, -0.25) is 4.68 Å². The third-order valence-electron chi connectivity index (χ3n) is 3.87. The summed E-state index contributed by atoms with van der Waals surface area (Å²) in [4.78, 5) is 0. The summed E-state index contributed by atoms with van der Waals surface area (Å²) in [5.74, 6) is 0.709. The Bertz CT molecular complexity index is 393. The van der Waals surface area contributed by atoms with E-state index in [1.165, 1.54) is 25.7 Å². The zero-order valence-electron chi connectivity index (χ0n) is 12.9. The molecule has 1 heterocycles. The molecule has 0 amide bonds. The minimum Gasteiger partial charge on any atom is -0.492 e. The molecule has 4 heteroatoms. The number of aromatic nitrogens is 2. The number of halogens is 1. The molecule has 0 aliphatic rings. The molecule has 0 fully saturated rings. The van der Waals surface area contributed by atoms with Crippen molar-refractivity contribution in [2.24, 2.45) is 0 Å². The van der Waals surface area contributed by atoms with E-state index in [4.69, 9.17) is 16.3 Å². The number of unbranched alkanes of at least 4 members (excludes halogenated alkanes) is 2. The van der Waals surface area contributed by atoms with E-state index in [1.807, 2.05) is 6.92 Å². The van der Waals surface area contributed by atoms with Crippen molar-refractivity contribution in [3.05, 3.63) is 10.8 Å². The summed E-state index contributed by atoms with van der Waals surface area (Å²) in [6.45, 7) is 8.77. The summed E-state index contributed by atoms with van der Waals surface area (Å²) in [6, 6.07) is 0. The van der Waals surface area contributed by atoms with Crippen molar-refractivity contribution in [1.82, 2.24) is 9.78 Å². The average molecular weight is 287 g/mol. The molecule has 0 aliphatic carbocycles. The quantitative estimate of drug-likeness (QED) is 0.676. The summed E-state index contributed by atoms with van der Waals surface area (Å²) in [7, 11) is 1.65. The number of hydrogen-bond donors (Lipinski definition) is 0. The molecule has 0 aliphatic heterocycles. The van der Waals surface area contributed by atoms with Gasteiger partial charge in [0.2, 0.25) is 0 Å². The fourth-order valence-electron chi connectivity index (χ4n) is 2.66. The first-order chi connectivity index (χ1) is 9.00. The summed E-state index contributed by atoms with van der Waals surface area (Å²) in [5.41, 5.74) is 1.07. The number of ether oxygens (including phenoxy) is 1. The first-order valence-electron chi connectivity index (χ1n) is 7.29. The van der Waals surface area contributed by atoms with Gasteiger partial charge in [-0.25, -0.2) is 0 Å². The van der Waals surface area contributed by atoms with Gasteiger partial charge in [0.15, 0.2) is 10.9 Å². The molecule has 0 bridgehead atoms. The van der Waals surface area contributed by atoms with Crippen LogP contribution in [0.3, 0.4) is 0 Å². The van der Waals surface area contributed by atoms with E-state index in [9.17, 15) is 0 Å². The fraction of sp³-hybridized carbons (Fsp3) is 0.800. The van der Waals surface area contributed by atoms with Gasteiger partial charge in [-0.2, -0.15) is 5.10 Å². The van der Waals surface area contributed by atoms with Gasteiger partial charge in [-0.05, 0) is 26.7 Å². The molecule has 3 nitrogen and oxygen atoms in total. The molecule has 1 aromatic heterocycles. The van der Waals surface area contributed by atoms with E-state index >= 15 is 0 Å². The van der Waals surface area contributed by atoms with Crippen molar-refractivity contribution in [1.29, 1.82) is 0 Å². The highest BCUT2D eigenvalue weighted by atomic mass is 35.5. The van der Waals surface area contributed by atoms with E-state index in [-0.39, 0.29) is 5.54 Å². The van der Waals surface area contributed by atoms with Crippen molar-refractivity contribution >= 4 is 11.6 Å². The van der Waals surface area contributed by atoms with E-state index in [0.29, 0.717) is 10.9 Å². The summed E-state index contributed by atoms with van der Waals surface area (Å²) >= 11 is 6.17. The van der Waals surface area contributed by atoms with Gasteiger partial charge in [0.1, 0.15) is 0 Å². The minimum atomic E-state index is 0.0382. The Morgan fingerprint density at radius 2 is 1.74 bits per heavy atom. The van der Waals surface area contributed by atoms with E-state index in [2.05, 4.69) is 30.6 Å². The van der Waals surface area contributed by atoms with Crippen LogP contribution in [0.25, 0.3) is 0 Å². The predicted molar refractivity (Wildman–Crippen MR) is 81.2 cm³/mol. The predicted octanol–water partition coefficient (Wildman–Crippen LogP) is 4.95. The highest BCUT2D eigenvalue weighted by molar-refractivity contribution is 6.30. The van der Waals surface area contributed by atoms with Crippen molar-refractivity contribution < 1.29 is 4.74 Å². The minimum absolute atomic E-state index is 0.0382. The van der Waals surface area contributed by atoms with Crippen LogP contribution in [0.5, 0.6) is 5.75 Å².